The lowest BCUT2D eigenvalue weighted by Gasteiger charge is -2.10. The number of ether oxygens (including phenoxy) is 1. The fourth-order valence-corrected chi connectivity index (χ4v) is 2.26. The molecule has 0 aromatic heterocycles. The third-order valence-corrected chi connectivity index (χ3v) is 3.63. The van der Waals surface area contributed by atoms with Crippen molar-refractivity contribution in [3.8, 4) is 5.75 Å². The normalized spacial score (nSPS) is 10.2. The van der Waals surface area contributed by atoms with Gasteiger partial charge in [-0.2, -0.15) is 0 Å². The van der Waals surface area contributed by atoms with E-state index in [1.54, 1.807) is 37.4 Å². The predicted molar refractivity (Wildman–Crippen MR) is 84.5 cm³/mol. The predicted octanol–water partition coefficient (Wildman–Crippen LogP) is 3.95. The second-order valence-corrected chi connectivity index (χ2v) is 5.30. The van der Waals surface area contributed by atoms with Crippen LogP contribution in [-0.4, -0.2) is 13.0 Å². The van der Waals surface area contributed by atoms with E-state index in [4.69, 9.17) is 22.1 Å². The van der Waals surface area contributed by atoms with E-state index in [0.29, 0.717) is 27.7 Å². The molecule has 0 aliphatic rings. The summed E-state index contributed by atoms with van der Waals surface area (Å²) in [5, 5.41) is 3.10. The minimum Gasteiger partial charge on any atom is -0.495 e. The van der Waals surface area contributed by atoms with Crippen LogP contribution in [0.25, 0.3) is 0 Å². The number of anilines is 2. The van der Waals surface area contributed by atoms with Crippen LogP contribution in [0.15, 0.2) is 40.9 Å². The maximum absolute atomic E-state index is 12.2. The summed E-state index contributed by atoms with van der Waals surface area (Å²) in [4.78, 5) is 12.2. The van der Waals surface area contributed by atoms with Crippen molar-refractivity contribution in [3.05, 3.63) is 51.5 Å². The van der Waals surface area contributed by atoms with E-state index < -0.39 is 0 Å². The number of amides is 1. The molecule has 1 amide bonds. The van der Waals surface area contributed by atoms with Gasteiger partial charge in [0.1, 0.15) is 5.75 Å². The average molecular weight is 356 g/mol. The summed E-state index contributed by atoms with van der Waals surface area (Å²) in [5.74, 6) is 0.299. The summed E-state index contributed by atoms with van der Waals surface area (Å²) in [5.41, 5.74) is 7.07. The van der Waals surface area contributed by atoms with Gasteiger partial charge in [-0.15, -0.1) is 0 Å². The van der Waals surface area contributed by atoms with Crippen LogP contribution < -0.4 is 15.8 Å². The summed E-state index contributed by atoms with van der Waals surface area (Å²) in [7, 11) is 1.56. The fourth-order valence-electron chi connectivity index (χ4n) is 1.65. The Bertz CT molecular complexity index is 662. The van der Waals surface area contributed by atoms with E-state index in [-0.39, 0.29) is 5.91 Å². The van der Waals surface area contributed by atoms with Crippen LogP contribution in [0.2, 0.25) is 5.02 Å². The van der Waals surface area contributed by atoms with Gasteiger partial charge in [0.2, 0.25) is 0 Å². The Morgan fingerprint density at radius 3 is 2.75 bits per heavy atom. The third-order valence-electron chi connectivity index (χ3n) is 2.64. The zero-order valence-electron chi connectivity index (χ0n) is 10.6. The highest BCUT2D eigenvalue weighted by molar-refractivity contribution is 9.10. The monoisotopic (exact) mass is 354 g/mol. The van der Waals surface area contributed by atoms with Gasteiger partial charge in [-0.1, -0.05) is 11.6 Å². The van der Waals surface area contributed by atoms with Crippen LogP contribution in [-0.2, 0) is 0 Å². The molecule has 0 unspecified atom stereocenters. The molecule has 104 valence electrons. The molecule has 20 heavy (non-hydrogen) atoms. The fraction of sp³-hybridized carbons (Fsp3) is 0.0714. The number of hydrogen-bond acceptors (Lipinski definition) is 3. The summed E-state index contributed by atoms with van der Waals surface area (Å²) >= 11 is 9.34. The molecule has 3 N–H and O–H groups in total. The van der Waals surface area contributed by atoms with Crippen LogP contribution in [0.5, 0.6) is 5.75 Å². The Balaban J connectivity index is 2.25. The number of rotatable bonds is 3. The minimum absolute atomic E-state index is 0.327. The number of nitrogens with one attached hydrogen (secondary N) is 1. The molecule has 4 nitrogen and oxygen atoms in total. The van der Waals surface area contributed by atoms with E-state index in [9.17, 15) is 4.79 Å². The van der Waals surface area contributed by atoms with Gasteiger partial charge in [0.25, 0.3) is 5.91 Å². The molecule has 0 fully saturated rings. The van der Waals surface area contributed by atoms with Gasteiger partial charge in [-0.25, -0.2) is 0 Å². The van der Waals surface area contributed by atoms with E-state index in [0.717, 1.165) is 4.47 Å². The first-order valence-electron chi connectivity index (χ1n) is 5.71. The number of nitrogens with two attached hydrogens (primary N) is 1. The van der Waals surface area contributed by atoms with Crippen molar-refractivity contribution in [2.75, 3.05) is 18.2 Å². The first-order valence-corrected chi connectivity index (χ1v) is 6.88. The summed E-state index contributed by atoms with van der Waals surface area (Å²) < 4.78 is 5.98. The number of methoxy groups -OCH3 is 1. The molecular weight excluding hydrogens is 344 g/mol. The molecule has 2 aromatic rings. The number of benzene rings is 2. The Hall–Kier alpha value is -1.72. The van der Waals surface area contributed by atoms with E-state index in [2.05, 4.69) is 21.2 Å². The second-order valence-electron chi connectivity index (χ2n) is 4.04. The van der Waals surface area contributed by atoms with Gasteiger partial charge >= 0.3 is 0 Å². The van der Waals surface area contributed by atoms with Crippen molar-refractivity contribution in [1.29, 1.82) is 0 Å². The molecule has 0 bridgehead atoms. The molecule has 0 aliphatic carbocycles. The van der Waals surface area contributed by atoms with Gasteiger partial charge < -0.3 is 15.8 Å². The van der Waals surface area contributed by atoms with Crippen LogP contribution in [0, 0.1) is 0 Å². The standard InChI is InChI=1S/C14H12BrClN2O2/c1-20-13-7-9(3-4-11(13)15)18-14(19)10-6-8(17)2-5-12(10)16/h2-7H,17H2,1H3,(H,18,19). The molecule has 0 atom stereocenters. The highest BCUT2D eigenvalue weighted by Gasteiger charge is 2.12. The molecular formula is C14H12BrClN2O2. The van der Waals surface area contributed by atoms with Gasteiger partial charge in [-0.05, 0) is 46.3 Å². The molecule has 6 heteroatoms. The van der Waals surface area contributed by atoms with E-state index in [1.807, 2.05) is 0 Å². The van der Waals surface area contributed by atoms with E-state index >= 15 is 0 Å². The van der Waals surface area contributed by atoms with Crippen LogP contribution >= 0.6 is 27.5 Å². The minimum atomic E-state index is -0.327. The maximum Gasteiger partial charge on any atom is 0.257 e. The average Bonchev–Trinajstić information content (AvgIpc) is 2.43. The van der Waals surface area contributed by atoms with Crippen molar-refractivity contribution in [3.63, 3.8) is 0 Å². The van der Waals surface area contributed by atoms with Crippen LogP contribution in [0.4, 0.5) is 11.4 Å². The van der Waals surface area contributed by atoms with Gasteiger partial charge in [0.15, 0.2) is 0 Å². The van der Waals surface area contributed by atoms with Crippen LogP contribution in [0.3, 0.4) is 0 Å². The van der Waals surface area contributed by atoms with Gasteiger partial charge in [0, 0.05) is 17.4 Å². The Morgan fingerprint density at radius 2 is 2.05 bits per heavy atom. The molecule has 0 radical (unpaired) electrons. The zero-order valence-corrected chi connectivity index (χ0v) is 13.0. The highest BCUT2D eigenvalue weighted by atomic mass is 79.9. The number of halogens is 2. The third kappa shape index (κ3) is 3.23. The molecule has 2 rings (SSSR count). The van der Waals surface area contributed by atoms with Crippen molar-refractivity contribution in [2.24, 2.45) is 0 Å². The lowest BCUT2D eigenvalue weighted by molar-refractivity contribution is 0.102. The quantitative estimate of drug-likeness (QED) is 0.820. The second kappa shape index (κ2) is 6.15. The molecule has 0 spiro atoms. The Kier molecular flexibility index (Phi) is 4.52. The number of hydrogen-bond donors (Lipinski definition) is 2. The molecule has 0 saturated heterocycles. The largest absolute Gasteiger partial charge is 0.495 e. The number of nitrogen functional groups attached to an aromatic ring is 1. The SMILES string of the molecule is COc1cc(NC(=O)c2cc(N)ccc2Cl)ccc1Br. The lowest BCUT2D eigenvalue weighted by Crippen LogP contribution is -2.13. The van der Waals surface area contributed by atoms with Crippen molar-refractivity contribution >= 4 is 44.8 Å². The Labute approximate surface area is 130 Å². The van der Waals surface area contributed by atoms with Crippen molar-refractivity contribution in [1.82, 2.24) is 0 Å². The molecule has 0 aliphatic heterocycles. The summed E-state index contributed by atoms with van der Waals surface area (Å²) in [6.07, 6.45) is 0. The topological polar surface area (TPSA) is 64.3 Å². The molecule has 0 heterocycles. The molecule has 2 aromatic carbocycles. The summed E-state index contributed by atoms with van der Waals surface area (Å²) in [6, 6.07) is 10.0. The van der Waals surface area contributed by atoms with Gasteiger partial charge in [-0.3, -0.25) is 4.79 Å². The maximum atomic E-state index is 12.2. The first-order chi connectivity index (χ1) is 9.51. The van der Waals surface area contributed by atoms with Gasteiger partial charge in [0.05, 0.1) is 22.2 Å². The smallest absolute Gasteiger partial charge is 0.257 e. The van der Waals surface area contributed by atoms with E-state index in [1.165, 1.54) is 6.07 Å². The first kappa shape index (κ1) is 14.7. The summed E-state index contributed by atoms with van der Waals surface area (Å²) in [6.45, 7) is 0. The highest BCUT2D eigenvalue weighted by Crippen LogP contribution is 2.28. The number of carbonyl (C=O) groups is 1. The van der Waals surface area contributed by atoms with Crippen molar-refractivity contribution in [2.45, 2.75) is 0 Å². The van der Waals surface area contributed by atoms with Crippen molar-refractivity contribution < 1.29 is 9.53 Å². The number of carbonyl (C=O) groups excluding carboxylic acids is 1. The molecule has 0 saturated carbocycles. The zero-order chi connectivity index (χ0) is 14.7. The lowest BCUT2D eigenvalue weighted by atomic mass is 10.2. The van der Waals surface area contributed by atoms with Crippen LogP contribution in [0.1, 0.15) is 10.4 Å². The Morgan fingerprint density at radius 1 is 1.30 bits per heavy atom.